The molecule has 0 aliphatic heterocycles. The van der Waals surface area contributed by atoms with E-state index in [2.05, 4.69) is 31.4 Å². The van der Waals surface area contributed by atoms with E-state index in [0.717, 1.165) is 0 Å². The molecule has 3 N–H and O–H groups in total. The Balaban J connectivity index is 5.33. The van der Waals surface area contributed by atoms with Crippen LogP contribution in [-0.2, 0) is 18.8 Å². The van der Waals surface area contributed by atoms with E-state index in [4.69, 9.17) is 14.3 Å². The molecule has 9 heteroatoms. The quantitative estimate of drug-likeness (QED) is 0.576. The number of rotatable bonds is 7. The highest BCUT2D eigenvalue weighted by Crippen LogP contribution is 2.37. The first-order valence-electron chi connectivity index (χ1n) is 8.63. The number of carboxylic acid groups (broad SMARTS) is 1. The summed E-state index contributed by atoms with van der Waals surface area (Å²) in [6, 6.07) is -1.07. The third-order valence-electron chi connectivity index (χ3n) is 4.12. The topological polar surface area (TPSA) is 114 Å². The van der Waals surface area contributed by atoms with Crippen molar-refractivity contribution in [1.29, 1.82) is 0 Å². The summed E-state index contributed by atoms with van der Waals surface area (Å²) < 4.78 is 11.4. The molecular formula is C17H34N2O6Si. The first kappa shape index (κ1) is 24.4. The highest BCUT2D eigenvalue weighted by atomic mass is 28.4. The molecule has 0 heterocycles. The van der Waals surface area contributed by atoms with Crippen molar-refractivity contribution >= 4 is 26.3 Å². The fourth-order valence-electron chi connectivity index (χ4n) is 1.81. The Morgan fingerprint density at radius 2 is 1.58 bits per heavy atom. The van der Waals surface area contributed by atoms with Crippen LogP contribution < -0.4 is 10.6 Å². The lowest BCUT2D eigenvalue weighted by molar-refractivity contribution is -0.138. The van der Waals surface area contributed by atoms with Gasteiger partial charge in [0, 0.05) is 0 Å². The summed E-state index contributed by atoms with van der Waals surface area (Å²) in [7, 11) is -2.21. The molecule has 26 heavy (non-hydrogen) atoms. The smallest absolute Gasteiger partial charge is 0.408 e. The average Bonchev–Trinajstić information content (AvgIpc) is 2.38. The van der Waals surface area contributed by atoms with Gasteiger partial charge in [0.15, 0.2) is 8.32 Å². The molecule has 2 amide bonds. The Kier molecular flexibility index (Phi) is 8.30. The third kappa shape index (κ3) is 8.66. The lowest BCUT2D eigenvalue weighted by Crippen LogP contribution is -2.57. The van der Waals surface area contributed by atoms with Gasteiger partial charge in [-0.1, -0.05) is 20.8 Å². The van der Waals surface area contributed by atoms with E-state index in [1.807, 2.05) is 13.1 Å². The van der Waals surface area contributed by atoms with Gasteiger partial charge in [0.1, 0.15) is 18.2 Å². The number of carbonyl (C=O) groups excluding carboxylic acids is 2. The number of hydrogen-bond acceptors (Lipinski definition) is 5. The highest BCUT2D eigenvalue weighted by Gasteiger charge is 2.41. The molecule has 0 unspecified atom stereocenters. The summed E-state index contributed by atoms with van der Waals surface area (Å²) in [5.41, 5.74) is -0.726. The minimum atomic E-state index is -2.21. The van der Waals surface area contributed by atoms with Gasteiger partial charge in [0.2, 0.25) is 5.91 Å². The molecule has 2 atom stereocenters. The highest BCUT2D eigenvalue weighted by molar-refractivity contribution is 6.74. The lowest BCUT2D eigenvalue weighted by atomic mass is 10.1. The lowest BCUT2D eigenvalue weighted by Gasteiger charge is -2.40. The zero-order valence-electron chi connectivity index (χ0n) is 17.4. The van der Waals surface area contributed by atoms with E-state index < -0.39 is 50.6 Å². The van der Waals surface area contributed by atoms with Crippen LogP contribution >= 0.6 is 0 Å². The molecule has 0 fully saturated rings. The van der Waals surface area contributed by atoms with Gasteiger partial charge in [-0.2, -0.15) is 0 Å². The molecule has 0 spiro atoms. The number of carboxylic acids is 1. The maximum Gasteiger partial charge on any atom is 0.408 e. The van der Waals surface area contributed by atoms with Crippen molar-refractivity contribution in [2.24, 2.45) is 0 Å². The zero-order chi connectivity index (χ0) is 20.9. The van der Waals surface area contributed by atoms with E-state index in [1.165, 1.54) is 0 Å². The van der Waals surface area contributed by atoms with Crippen LogP contribution in [-0.4, -0.2) is 55.7 Å². The number of alkyl carbamates (subject to hydrolysis) is 1. The predicted molar refractivity (Wildman–Crippen MR) is 102 cm³/mol. The van der Waals surface area contributed by atoms with Crippen LogP contribution in [0.2, 0.25) is 18.1 Å². The molecule has 0 saturated carbocycles. The van der Waals surface area contributed by atoms with Gasteiger partial charge in [0.25, 0.3) is 0 Å². The summed E-state index contributed by atoms with van der Waals surface area (Å²) >= 11 is 0. The number of carbonyl (C=O) groups is 3. The van der Waals surface area contributed by atoms with Crippen LogP contribution in [0.3, 0.4) is 0 Å². The molecule has 0 aromatic rings. The first-order chi connectivity index (χ1) is 11.5. The van der Waals surface area contributed by atoms with Crippen molar-refractivity contribution in [3.8, 4) is 0 Å². The van der Waals surface area contributed by atoms with Crippen LogP contribution in [0.5, 0.6) is 0 Å². The van der Waals surface area contributed by atoms with Gasteiger partial charge in [0.05, 0.1) is 6.10 Å². The number of aliphatic carboxylic acids is 1. The van der Waals surface area contributed by atoms with Crippen molar-refractivity contribution < 1.29 is 28.7 Å². The van der Waals surface area contributed by atoms with Gasteiger partial charge in [-0.25, -0.2) is 4.79 Å². The second-order valence-corrected chi connectivity index (χ2v) is 13.6. The Morgan fingerprint density at radius 1 is 1.08 bits per heavy atom. The monoisotopic (exact) mass is 390 g/mol. The van der Waals surface area contributed by atoms with Crippen LogP contribution in [0, 0.1) is 0 Å². The van der Waals surface area contributed by atoms with Gasteiger partial charge in [-0.15, -0.1) is 0 Å². The summed E-state index contributed by atoms with van der Waals surface area (Å²) in [5, 5.41) is 13.5. The molecule has 0 saturated heterocycles. The second kappa shape index (κ2) is 8.85. The van der Waals surface area contributed by atoms with Crippen molar-refractivity contribution in [2.45, 2.75) is 84.3 Å². The maximum absolute atomic E-state index is 12.4. The SMILES string of the molecule is C[C@H](O[Si](C)(C)C(C)(C)C)[C@H](NC(=O)OC(C)(C)C)C(=O)NCC(=O)O. The van der Waals surface area contributed by atoms with Gasteiger partial charge >= 0.3 is 12.1 Å². The van der Waals surface area contributed by atoms with Crippen LogP contribution in [0.4, 0.5) is 4.79 Å². The largest absolute Gasteiger partial charge is 0.480 e. The minimum absolute atomic E-state index is 0.0880. The summed E-state index contributed by atoms with van der Waals surface area (Å²) in [6.07, 6.45) is -1.42. The Bertz CT molecular complexity index is 522. The number of nitrogens with one attached hydrogen (secondary N) is 2. The second-order valence-electron chi connectivity index (χ2n) is 8.82. The van der Waals surface area contributed by atoms with Crippen molar-refractivity contribution in [3.63, 3.8) is 0 Å². The zero-order valence-corrected chi connectivity index (χ0v) is 18.4. The van der Waals surface area contributed by atoms with Gasteiger partial charge in [-0.05, 0) is 45.8 Å². The van der Waals surface area contributed by atoms with E-state index in [0.29, 0.717) is 0 Å². The number of hydrogen-bond donors (Lipinski definition) is 3. The predicted octanol–water partition coefficient (Wildman–Crippen LogP) is 2.49. The van der Waals surface area contributed by atoms with Crippen LogP contribution in [0.15, 0.2) is 0 Å². The summed E-state index contributed by atoms with van der Waals surface area (Å²) in [4.78, 5) is 35.2. The fourth-order valence-corrected chi connectivity index (χ4v) is 3.23. The van der Waals surface area contributed by atoms with Gasteiger partial charge in [-0.3, -0.25) is 9.59 Å². The van der Waals surface area contributed by atoms with Crippen LogP contribution in [0.25, 0.3) is 0 Å². The van der Waals surface area contributed by atoms with E-state index in [1.54, 1.807) is 27.7 Å². The first-order valence-corrected chi connectivity index (χ1v) is 11.5. The molecular weight excluding hydrogens is 356 g/mol. The summed E-state index contributed by atoms with van der Waals surface area (Å²) in [5.74, 6) is -1.81. The van der Waals surface area contributed by atoms with E-state index in [9.17, 15) is 14.4 Å². The molecule has 0 bridgehead atoms. The average molecular weight is 391 g/mol. The van der Waals surface area contributed by atoms with Crippen molar-refractivity contribution in [3.05, 3.63) is 0 Å². The Morgan fingerprint density at radius 3 is 1.96 bits per heavy atom. The minimum Gasteiger partial charge on any atom is -0.480 e. The fraction of sp³-hybridized carbons (Fsp3) is 0.824. The molecule has 0 aromatic heterocycles. The molecule has 0 aromatic carbocycles. The standard InChI is InChI=1S/C17H34N2O6Si/c1-11(25-26(8,9)17(5,6)7)13(14(22)18-10-12(20)21)19-15(23)24-16(2,3)4/h11,13H,10H2,1-9H3,(H,18,22)(H,19,23)(H,20,21)/t11-,13-/m0/s1. The van der Waals surface area contributed by atoms with Crippen LogP contribution in [0.1, 0.15) is 48.5 Å². The number of amides is 2. The molecule has 0 radical (unpaired) electrons. The molecule has 152 valence electrons. The van der Waals surface area contributed by atoms with E-state index >= 15 is 0 Å². The molecule has 8 nitrogen and oxygen atoms in total. The molecule has 0 aliphatic carbocycles. The summed E-state index contributed by atoms with van der Waals surface area (Å²) in [6.45, 7) is 16.5. The third-order valence-corrected chi connectivity index (χ3v) is 8.70. The Labute approximate surface area is 157 Å². The van der Waals surface area contributed by atoms with Gasteiger partial charge < -0.3 is 24.9 Å². The van der Waals surface area contributed by atoms with E-state index in [-0.39, 0.29) is 5.04 Å². The number of ether oxygens (including phenoxy) is 1. The van der Waals surface area contributed by atoms with Crippen molar-refractivity contribution in [1.82, 2.24) is 10.6 Å². The molecule has 0 aliphatic rings. The maximum atomic E-state index is 12.4. The van der Waals surface area contributed by atoms with Crippen molar-refractivity contribution in [2.75, 3.05) is 6.54 Å². The normalized spacial score (nSPS) is 15.0. The molecule has 0 rings (SSSR count). The Hall–Kier alpha value is -1.61.